The highest BCUT2D eigenvalue weighted by molar-refractivity contribution is 8.00. The zero-order valence-corrected chi connectivity index (χ0v) is 15.4. The van der Waals surface area contributed by atoms with Gasteiger partial charge in [-0.05, 0) is 37.5 Å². The van der Waals surface area contributed by atoms with E-state index in [2.05, 4.69) is 26.0 Å². The molecule has 0 spiro atoms. The Hall–Kier alpha value is -0.230. The minimum atomic E-state index is 0.186. The van der Waals surface area contributed by atoms with E-state index >= 15 is 0 Å². The van der Waals surface area contributed by atoms with E-state index in [4.69, 9.17) is 0 Å². The molecule has 2 rings (SSSR count). The van der Waals surface area contributed by atoms with Gasteiger partial charge in [-0.25, -0.2) is 0 Å². The molecule has 0 bridgehead atoms. The van der Waals surface area contributed by atoms with Crippen molar-refractivity contribution in [1.82, 2.24) is 0 Å². The normalized spacial score (nSPS) is 11.0. The van der Waals surface area contributed by atoms with E-state index in [-0.39, 0.29) is 5.78 Å². The van der Waals surface area contributed by atoms with Gasteiger partial charge in [0.1, 0.15) is 0 Å². The molecular formula is C15H18OS4. The van der Waals surface area contributed by atoms with Gasteiger partial charge in [0.2, 0.25) is 0 Å². The maximum atomic E-state index is 12.9. The Kier molecular flexibility index (Phi) is 5.78. The van der Waals surface area contributed by atoms with Gasteiger partial charge in [-0.2, -0.15) is 0 Å². The van der Waals surface area contributed by atoms with E-state index in [0.717, 1.165) is 32.4 Å². The second kappa shape index (κ2) is 7.16. The Morgan fingerprint density at radius 1 is 0.950 bits per heavy atom. The second-order valence-electron chi connectivity index (χ2n) is 4.27. The molecule has 0 unspecified atom stereocenters. The summed E-state index contributed by atoms with van der Waals surface area (Å²) in [6, 6.07) is 4.15. The van der Waals surface area contributed by atoms with Crippen LogP contribution in [0.25, 0.3) is 0 Å². The minimum absolute atomic E-state index is 0.186. The highest BCUT2D eigenvalue weighted by atomic mass is 32.2. The largest absolute Gasteiger partial charge is 0.288 e. The van der Waals surface area contributed by atoms with Crippen molar-refractivity contribution in [3.63, 3.8) is 0 Å². The summed E-state index contributed by atoms with van der Waals surface area (Å²) in [6.07, 6.45) is 6.07. The number of thioether (sulfide) groups is 2. The molecule has 0 atom stereocenters. The first-order chi connectivity index (χ1) is 9.64. The number of thiophene rings is 2. The van der Waals surface area contributed by atoms with Crippen molar-refractivity contribution in [3.8, 4) is 0 Å². The van der Waals surface area contributed by atoms with Crippen molar-refractivity contribution < 1.29 is 4.79 Å². The van der Waals surface area contributed by atoms with Crippen LogP contribution in [0.5, 0.6) is 0 Å². The lowest BCUT2D eigenvalue weighted by molar-refractivity contribution is 0.103. The van der Waals surface area contributed by atoms with Crippen LogP contribution in [0.4, 0.5) is 0 Å². The third-order valence-corrected chi connectivity index (χ3v) is 7.88. The van der Waals surface area contributed by atoms with Gasteiger partial charge in [0.15, 0.2) is 5.78 Å². The van der Waals surface area contributed by atoms with Gasteiger partial charge < -0.3 is 0 Å². The van der Waals surface area contributed by atoms with Gasteiger partial charge in [-0.15, -0.1) is 46.2 Å². The highest BCUT2D eigenvalue weighted by Gasteiger charge is 2.21. The van der Waals surface area contributed by atoms with Crippen molar-refractivity contribution in [2.24, 2.45) is 0 Å². The number of aryl methyl sites for hydroxylation is 2. The lowest BCUT2D eigenvalue weighted by atomic mass is 10.1. The number of hydrogen-bond donors (Lipinski definition) is 0. The molecule has 2 aromatic heterocycles. The zero-order chi connectivity index (χ0) is 14.7. The molecule has 0 N–H and O–H groups in total. The lowest BCUT2D eigenvalue weighted by Gasteiger charge is -2.01. The Bertz CT molecular complexity index is 557. The van der Waals surface area contributed by atoms with Crippen molar-refractivity contribution >= 4 is 52.0 Å². The fourth-order valence-electron chi connectivity index (χ4n) is 1.96. The quantitative estimate of drug-likeness (QED) is 0.502. The van der Waals surface area contributed by atoms with Crippen molar-refractivity contribution in [2.75, 3.05) is 12.5 Å². The highest BCUT2D eigenvalue weighted by Crippen LogP contribution is 2.37. The van der Waals surface area contributed by atoms with Gasteiger partial charge in [0, 0.05) is 20.9 Å². The van der Waals surface area contributed by atoms with Crippen LogP contribution in [-0.2, 0) is 12.8 Å². The molecule has 1 nitrogen and oxygen atoms in total. The van der Waals surface area contributed by atoms with Crippen LogP contribution in [0.1, 0.15) is 39.5 Å². The summed E-state index contributed by atoms with van der Waals surface area (Å²) in [7, 11) is 0. The van der Waals surface area contributed by atoms with Crippen LogP contribution in [0.3, 0.4) is 0 Å². The van der Waals surface area contributed by atoms with Crippen LogP contribution in [0.15, 0.2) is 20.6 Å². The Morgan fingerprint density at radius 2 is 1.35 bits per heavy atom. The molecule has 0 aromatic carbocycles. The summed E-state index contributed by atoms with van der Waals surface area (Å²) < 4.78 is 2.28. The van der Waals surface area contributed by atoms with Crippen LogP contribution in [0, 0.1) is 0 Å². The standard InChI is InChI=1S/C15H18OS4/c1-5-9-7-11(14(17-3)19-9)13(16)12-8-10(6-2)20-15(12)18-4/h7-8H,5-6H2,1-4H3. The average Bonchev–Trinajstić information content (AvgIpc) is 3.09. The van der Waals surface area contributed by atoms with Crippen LogP contribution < -0.4 is 0 Å². The predicted octanol–water partition coefficient (Wildman–Crippen LogP) is 5.61. The number of hydrogen-bond acceptors (Lipinski definition) is 5. The first kappa shape index (κ1) is 16.1. The summed E-state index contributed by atoms with van der Waals surface area (Å²) >= 11 is 6.84. The van der Waals surface area contributed by atoms with Gasteiger partial charge >= 0.3 is 0 Å². The summed E-state index contributed by atoms with van der Waals surface area (Å²) in [6.45, 7) is 4.27. The molecule has 0 aliphatic rings. The molecule has 0 fully saturated rings. The van der Waals surface area contributed by atoms with Gasteiger partial charge in [0.25, 0.3) is 0 Å². The number of carbonyl (C=O) groups excluding carboxylic acids is 1. The summed E-state index contributed by atoms with van der Waals surface area (Å²) in [5, 5.41) is 0. The Morgan fingerprint density at radius 3 is 1.65 bits per heavy atom. The van der Waals surface area contributed by atoms with Crippen LogP contribution in [0.2, 0.25) is 0 Å². The zero-order valence-electron chi connectivity index (χ0n) is 12.1. The van der Waals surface area contributed by atoms with E-state index in [1.54, 1.807) is 46.2 Å². The Labute approximate surface area is 137 Å². The molecule has 2 heterocycles. The van der Waals surface area contributed by atoms with Crippen molar-refractivity contribution in [1.29, 1.82) is 0 Å². The molecule has 0 saturated heterocycles. The van der Waals surface area contributed by atoms with Crippen LogP contribution >= 0.6 is 46.2 Å². The maximum absolute atomic E-state index is 12.9. The third-order valence-electron chi connectivity index (χ3n) is 3.06. The minimum Gasteiger partial charge on any atom is -0.288 e. The van der Waals surface area contributed by atoms with Crippen molar-refractivity contribution in [2.45, 2.75) is 35.1 Å². The lowest BCUT2D eigenvalue weighted by Crippen LogP contribution is -2.00. The maximum Gasteiger partial charge on any atom is 0.197 e. The van der Waals surface area contributed by atoms with E-state index in [1.807, 2.05) is 12.5 Å². The van der Waals surface area contributed by atoms with E-state index in [9.17, 15) is 4.79 Å². The van der Waals surface area contributed by atoms with E-state index < -0.39 is 0 Å². The SMILES string of the molecule is CCc1cc(C(=O)c2cc(CC)sc2SC)c(SC)s1. The third kappa shape index (κ3) is 3.16. The first-order valence-electron chi connectivity index (χ1n) is 6.52. The van der Waals surface area contributed by atoms with Gasteiger partial charge in [0.05, 0.1) is 8.42 Å². The molecule has 2 aromatic rings. The second-order valence-corrected chi connectivity index (χ2v) is 8.70. The molecule has 0 aliphatic carbocycles. The van der Waals surface area contributed by atoms with Gasteiger partial charge in [-0.3, -0.25) is 4.79 Å². The number of carbonyl (C=O) groups is 1. The Balaban J connectivity index is 2.45. The number of rotatable bonds is 6. The summed E-state index contributed by atoms with van der Waals surface area (Å²) in [5.74, 6) is 0.186. The smallest absolute Gasteiger partial charge is 0.197 e. The average molecular weight is 343 g/mol. The first-order valence-corrected chi connectivity index (χ1v) is 10.6. The van der Waals surface area contributed by atoms with Crippen molar-refractivity contribution in [3.05, 3.63) is 33.0 Å². The fraction of sp³-hybridized carbons (Fsp3) is 0.400. The monoisotopic (exact) mass is 342 g/mol. The van der Waals surface area contributed by atoms with Crippen LogP contribution in [-0.4, -0.2) is 18.3 Å². The molecule has 0 amide bonds. The molecule has 20 heavy (non-hydrogen) atoms. The van der Waals surface area contributed by atoms with E-state index in [0.29, 0.717) is 0 Å². The summed E-state index contributed by atoms with van der Waals surface area (Å²) in [4.78, 5) is 15.4. The van der Waals surface area contributed by atoms with Gasteiger partial charge in [-0.1, -0.05) is 13.8 Å². The predicted molar refractivity (Wildman–Crippen MR) is 94.4 cm³/mol. The topological polar surface area (TPSA) is 17.1 Å². The molecule has 0 radical (unpaired) electrons. The molecule has 5 heteroatoms. The molecular weight excluding hydrogens is 324 g/mol. The fourth-order valence-corrected chi connectivity index (χ4v) is 5.65. The van der Waals surface area contributed by atoms with E-state index in [1.165, 1.54) is 9.75 Å². The molecule has 0 aliphatic heterocycles. The summed E-state index contributed by atoms with van der Waals surface area (Å²) in [5.41, 5.74) is 1.77. The molecule has 0 saturated carbocycles. The molecule has 108 valence electrons. The number of ketones is 1.